The Hall–Kier alpha value is -3.92. The number of carbonyl (C=O) groups is 3. The maximum atomic E-state index is 13.0. The van der Waals surface area contributed by atoms with Gasteiger partial charge in [-0.2, -0.15) is 4.98 Å². The molecular formula is C42H66ClN7O8. The molecule has 15 nitrogen and oxygen atoms in total. The number of hydrogen-bond acceptors (Lipinski definition) is 10. The van der Waals surface area contributed by atoms with Gasteiger partial charge in [0.05, 0.1) is 19.7 Å². The summed E-state index contributed by atoms with van der Waals surface area (Å²) in [6, 6.07) is 3.86. The summed E-state index contributed by atoms with van der Waals surface area (Å²) >= 11 is 0. The van der Waals surface area contributed by atoms with E-state index in [0.29, 0.717) is 84.7 Å². The molecule has 1 aromatic heterocycles. The number of nitrogens with zero attached hydrogens (tertiary/aromatic N) is 4. The largest absolute Gasteiger partial charge is 0.493 e. The van der Waals surface area contributed by atoms with Crippen molar-refractivity contribution in [1.82, 2.24) is 25.5 Å². The molecular weight excluding hydrogens is 766 g/mol. The van der Waals surface area contributed by atoms with Crippen LogP contribution in [0.2, 0.25) is 0 Å². The number of amides is 3. The van der Waals surface area contributed by atoms with Crippen molar-refractivity contribution in [3.05, 3.63) is 24.3 Å². The Bertz CT molecular complexity index is 1830. The number of methoxy groups -OCH3 is 2. The zero-order chi connectivity index (χ0) is 39.3. The SMILES string of the molecule is CC(C)(C)NC(=O)[C@H]1CC[C@H]2[C@@H]3CC[C@H]4NC(=O)C=C[C@]4(C)[C@H]3CC[C@]12C.COc1cc2nc(N3CCN(C(=O)C4CCCO4)CC3)nc(N)c2cc1OC.Cl.O.O. The first-order chi connectivity index (χ1) is 26.1. The summed E-state index contributed by atoms with van der Waals surface area (Å²) in [6.45, 7) is 14.2. The van der Waals surface area contributed by atoms with E-state index in [1.54, 1.807) is 32.4 Å². The standard InChI is InChI=1S/C23H36N2O2.C19H25N5O4.ClH.2H2O/c1-21(2,3)25-20(27)17-8-7-15-14-6-9-18-23(5,13-11-19(26)24-18)16(14)10-12-22(15,17)4;1-26-15-10-12-13(11-16(15)27-2)21-19(22-17(12)20)24-7-5-23(6-8-24)18(25)14-4-3-9-28-14;;;/h11,13-18H,6-10,12H2,1-5H3,(H,24,26)(H,25,27);10-11,14H,3-9H2,1-2H3,(H2,20,21,22);1H;2*1H2/t14-,15-,16-,17+,18+,22-,23+;;;;/m0..../s1. The Morgan fingerprint density at radius 2 is 1.64 bits per heavy atom. The van der Waals surface area contributed by atoms with Crippen molar-refractivity contribution >= 4 is 52.8 Å². The van der Waals surface area contributed by atoms with Gasteiger partial charge in [-0.05, 0) is 107 Å². The fraction of sp³-hybridized carbons (Fsp3) is 0.690. The number of benzene rings is 1. The third kappa shape index (κ3) is 8.83. The fourth-order valence-electron chi connectivity index (χ4n) is 10.9. The summed E-state index contributed by atoms with van der Waals surface area (Å²) in [4.78, 5) is 50.4. The highest BCUT2D eigenvalue weighted by Crippen LogP contribution is 2.65. The third-order valence-corrected chi connectivity index (χ3v) is 13.8. The minimum Gasteiger partial charge on any atom is -0.493 e. The van der Waals surface area contributed by atoms with Crippen molar-refractivity contribution in [3.8, 4) is 11.5 Å². The number of hydrogen-bond donors (Lipinski definition) is 3. The average Bonchev–Trinajstić information content (AvgIpc) is 3.82. The van der Waals surface area contributed by atoms with Gasteiger partial charge in [-0.1, -0.05) is 19.9 Å². The molecule has 3 saturated carbocycles. The number of nitrogens with two attached hydrogens (primary N) is 1. The predicted octanol–water partition coefficient (Wildman–Crippen LogP) is 3.64. The monoisotopic (exact) mass is 831 g/mol. The van der Waals surface area contributed by atoms with Gasteiger partial charge in [0.2, 0.25) is 17.8 Å². The van der Waals surface area contributed by atoms with Crippen molar-refractivity contribution in [2.24, 2.45) is 34.5 Å². The molecule has 0 bridgehead atoms. The van der Waals surface area contributed by atoms with Crippen LogP contribution in [0.15, 0.2) is 24.3 Å². The first-order valence-corrected chi connectivity index (χ1v) is 20.3. The highest BCUT2D eigenvalue weighted by atomic mass is 35.5. The number of carbonyl (C=O) groups excluding carboxylic acids is 3. The highest BCUT2D eigenvalue weighted by Gasteiger charge is 2.61. The molecule has 5 fully saturated rings. The molecule has 8 N–H and O–H groups in total. The quantitative estimate of drug-likeness (QED) is 0.397. The number of nitrogen functional groups attached to an aromatic ring is 1. The Labute approximate surface area is 348 Å². The molecule has 1 unspecified atom stereocenters. The topological polar surface area (TPSA) is 224 Å². The molecule has 324 valence electrons. The van der Waals surface area contributed by atoms with Gasteiger partial charge in [0, 0.05) is 67.2 Å². The zero-order valence-corrected chi connectivity index (χ0v) is 36.0. The van der Waals surface area contributed by atoms with Crippen LogP contribution >= 0.6 is 12.4 Å². The number of rotatable bonds is 5. The molecule has 16 heteroatoms. The van der Waals surface area contributed by atoms with E-state index in [9.17, 15) is 14.4 Å². The summed E-state index contributed by atoms with van der Waals surface area (Å²) in [5.74, 6) is 4.61. The lowest BCUT2D eigenvalue weighted by atomic mass is 9.48. The number of ether oxygens (including phenoxy) is 3. The summed E-state index contributed by atoms with van der Waals surface area (Å²) < 4.78 is 16.2. The van der Waals surface area contributed by atoms with Gasteiger partial charge in [-0.25, -0.2) is 4.98 Å². The molecule has 6 aliphatic rings. The first kappa shape index (κ1) is 46.8. The lowest BCUT2D eigenvalue weighted by Gasteiger charge is -2.58. The van der Waals surface area contributed by atoms with Crippen LogP contribution in [0.4, 0.5) is 11.8 Å². The minimum atomic E-state index is -0.276. The van der Waals surface area contributed by atoms with Crippen LogP contribution in [0.5, 0.6) is 11.5 Å². The Morgan fingerprint density at radius 3 is 2.28 bits per heavy atom. The van der Waals surface area contributed by atoms with Crippen LogP contribution in [0.3, 0.4) is 0 Å². The van der Waals surface area contributed by atoms with Crippen molar-refractivity contribution in [2.75, 3.05) is 57.6 Å². The first-order valence-electron chi connectivity index (χ1n) is 20.3. The van der Waals surface area contributed by atoms with Gasteiger partial charge >= 0.3 is 0 Å². The molecule has 3 amide bonds. The summed E-state index contributed by atoms with van der Waals surface area (Å²) in [7, 11) is 3.16. The van der Waals surface area contributed by atoms with Gasteiger partial charge < -0.3 is 51.3 Å². The molecule has 0 spiro atoms. The normalized spacial score (nSPS) is 31.1. The van der Waals surface area contributed by atoms with Crippen molar-refractivity contribution in [2.45, 2.75) is 104 Å². The molecule has 3 aliphatic carbocycles. The molecule has 0 radical (unpaired) electrons. The van der Waals surface area contributed by atoms with Gasteiger partial charge in [0.1, 0.15) is 11.9 Å². The van der Waals surface area contributed by atoms with Crippen molar-refractivity contribution < 1.29 is 39.5 Å². The van der Waals surface area contributed by atoms with Crippen LogP contribution in [0.1, 0.15) is 86.0 Å². The maximum absolute atomic E-state index is 13.0. The second-order valence-electron chi connectivity index (χ2n) is 18.1. The van der Waals surface area contributed by atoms with Crippen LogP contribution in [-0.2, 0) is 19.1 Å². The third-order valence-electron chi connectivity index (χ3n) is 13.8. The van der Waals surface area contributed by atoms with Crippen molar-refractivity contribution in [3.63, 3.8) is 0 Å². The zero-order valence-electron chi connectivity index (χ0n) is 35.2. The fourth-order valence-corrected chi connectivity index (χ4v) is 10.9. The smallest absolute Gasteiger partial charge is 0.251 e. The molecule has 58 heavy (non-hydrogen) atoms. The van der Waals surface area contributed by atoms with Crippen molar-refractivity contribution in [1.29, 1.82) is 0 Å². The summed E-state index contributed by atoms with van der Waals surface area (Å²) in [6.07, 6.45) is 12.2. The lowest BCUT2D eigenvalue weighted by Crippen LogP contribution is -2.59. The van der Waals surface area contributed by atoms with E-state index >= 15 is 0 Å². The Morgan fingerprint density at radius 1 is 0.948 bits per heavy atom. The molecule has 4 heterocycles. The van der Waals surface area contributed by atoms with Gasteiger partial charge in [0.25, 0.3) is 5.91 Å². The minimum absolute atomic E-state index is 0. The maximum Gasteiger partial charge on any atom is 0.251 e. The van der Waals surface area contributed by atoms with Crippen LogP contribution < -0.4 is 30.7 Å². The summed E-state index contributed by atoms with van der Waals surface area (Å²) in [5, 5.41) is 7.19. The van der Waals surface area contributed by atoms with Gasteiger partial charge in [-0.15, -0.1) is 12.4 Å². The van der Waals surface area contributed by atoms with E-state index < -0.39 is 0 Å². The Balaban J connectivity index is 0.000000244. The van der Waals surface area contributed by atoms with E-state index in [2.05, 4.69) is 61.3 Å². The van der Waals surface area contributed by atoms with Crippen LogP contribution in [0.25, 0.3) is 10.9 Å². The molecule has 1 aromatic carbocycles. The predicted molar refractivity (Wildman–Crippen MR) is 226 cm³/mol. The molecule has 2 aromatic rings. The lowest BCUT2D eigenvalue weighted by molar-refractivity contribution is -0.141. The number of anilines is 2. The van der Waals surface area contributed by atoms with E-state index in [0.717, 1.165) is 32.1 Å². The average molecular weight is 832 g/mol. The van der Waals surface area contributed by atoms with E-state index in [1.165, 1.54) is 19.3 Å². The number of nitrogens with one attached hydrogen (secondary N) is 2. The second kappa shape index (κ2) is 18.1. The second-order valence-corrected chi connectivity index (χ2v) is 18.1. The molecule has 8 rings (SSSR count). The van der Waals surface area contributed by atoms with Crippen LogP contribution in [0, 0.1) is 34.5 Å². The van der Waals surface area contributed by atoms with E-state index in [4.69, 9.17) is 19.9 Å². The van der Waals surface area contributed by atoms with E-state index in [-0.39, 0.29) is 75.5 Å². The summed E-state index contributed by atoms with van der Waals surface area (Å²) in [5.41, 5.74) is 6.91. The number of aromatic nitrogens is 2. The Kier molecular flexibility index (Phi) is 14.6. The molecule has 3 aliphatic heterocycles. The van der Waals surface area contributed by atoms with Gasteiger partial charge in [-0.3, -0.25) is 14.4 Å². The van der Waals surface area contributed by atoms with Crippen LogP contribution in [-0.4, -0.2) is 108 Å². The molecule has 2 saturated heterocycles. The van der Waals surface area contributed by atoms with Gasteiger partial charge in [0.15, 0.2) is 11.5 Å². The highest BCUT2D eigenvalue weighted by molar-refractivity contribution is 5.92. The molecule has 8 atom stereocenters. The van der Waals surface area contributed by atoms with E-state index in [1.807, 2.05) is 9.80 Å². The number of fused-ring (bicyclic) bond motifs is 6. The number of halogens is 1. The number of piperazine rings is 1.